The molecule has 0 radical (unpaired) electrons. The molecule has 0 spiro atoms. The number of ether oxygens (including phenoxy) is 1. The Labute approximate surface area is 197 Å². The molecule has 2 atom stereocenters. The molecule has 0 N–H and O–H groups in total. The summed E-state index contributed by atoms with van der Waals surface area (Å²) < 4.78 is 33.8. The van der Waals surface area contributed by atoms with Gasteiger partial charge >= 0.3 is 6.09 Å². The number of amides is 1. The van der Waals surface area contributed by atoms with Crippen LogP contribution in [0.1, 0.15) is 12.8 Å². The summed E-state index contributed by atoms with van der Waals surface area (Å²) in [5.41, 5.74) is 0. The van der Waals surface area contributed by atoms with Crippen LogP contribution in [0.5, 0.6) is 0 Å². The van der Waals surface area contributed by atoms with E-state index >= 15 is 0 Å². The van der Waals surface area contributed by atoms with Gasteiger partial charge in [-0.1, -0.05) is 59.6 Å². The number of halogens is 2. The third-order valence-electron chi connectivity index (χ3n) is 6.46. The first-order valence-corrected chi connectivity index (χ1v) is 12.7. The standard InChI is InChI=1S/C23H22Cl2N2O4S/c24-16-5-7-21-15(13-16)14-31-23(28)27(21)17-9-11-26(12-10-17)32(29,30)22-8-6-20(25)18-3-1-2-4-19(18)22/h1-8,13,15,17,21H,9-12,14H2. The van der Waals surface area contributed by atoms with E-state index in [1.165, 1.54) is 4.31 Å². The predicted molar refractivity (Wildman–Crippen MR) is 124 cm³/mol. The molecule has 2 aromatic carbocycles. The lowest BCUT2D eigenvalue weighted by molar-refractivity contribution is 0.00610. The molecule has 3 aliphatic rings. The van der Waals surface area contributed by atoms with Crippen LogP contribution in [-0.4, -0.2) is 55.5 Å². The van der Waals surface area contributed by atoms with E-state index in [1.54, 1.807) is 35.2 Å². The third-order valence-corrected chi connectivity index (χ3v) is 9.00. The molecule has 32 heavy (non-hydrogen) atoms. The number of carbonyl (C=O) groups is 1. The van der Waals surface area contributed by atoms with E-state index < -0.39 is 10.0 Å². The zero-order valence-electron chi connectivity index (χ0n) is 17.2. The lowest BCUT2D eigenvalue weighted by Gasteiger charge is -2.45. The second-order valence-corrected chi connectivity index (χ2v) is 11.0. The van der Waals surface area contributed by atoms with E-state index in [0.29, 0.717) is 53.4 Å². The lowest BCUT2D eigenvalue weighted by atomic mass is 9.90. The van der Waals surface area contributed by atoms with E-state index in [1.807, 2.05) is 24.3 Å². The van der Waals surface area contributed by atoms with Crippen molar-refractivity contribution >= 4 is 50.1 Å². The van der Waals surface area contributed by atoms with E-state index in [4.69, 9.17) is 27.9 Å². The zero-order valence-corrected chi connectivity index (χ0v) is 19.5. The smallest absolute Gasteiger partial charge is 0.410 e. The summed E-state index contributed by atoms with van der Waals surface area (Å²) in [6.07, 6.45) is 6.38. The van der Waals surface area contributed by atoms with Gasteiger partial charge in [0.1, 0.15) is 6.61 Å². The summed E-state index contributed by atoms with van der Waals surface area (Å²) in [5, 5.41) is 2.48. The molecule has 1 aliphatic carbocycles. The van der Waals surface area contributed by atoms with Gasteiger partial charge in [-0.3, -0.25) is 4.90 Å². The minimum Gasteiger partial charge on any atom is -0.449 e. The third kappa shape index (κ3) is 3.71. The number of rotatable bonds is 3. The molecule has 168 valence electrons. The fourth-order valence-corrected chi connectivity index (χ4v) is 6.98. The van der Waals surface area contributed by atoms with Crippen molar-refractivity contribution in [2.24, 2.45) is 5.92 Å². The molecule has 2 unspecified atom stereocenters. The van der Waals surface area contributed by atoms with Crippen molar-refractivity contribution in [2.75, 3.05) is 19.7 Å². The van der Waals surface area contributed by atoms with Crippen molar-refractivity contribution in [2.45, 2.75) is 29.8 Å². The van der Waals surface area contributed by atoms with E-state index in [2.05, 4.69) is 0 Å². The number of cyclic esters (lactones) is 1. The fraction of sp³-hybridized carbons (Fsp3) is 0.348. The quantitative estimate of drug-likeness (QED) is 0.618. The number of hydrogen-bond acceptors (Lipinski definition) is 4. The number of benzene rings is 2. The van der Waals surface area contributed by atoms with Crippen LogP contribution < -0.4 is 0 Å². The Morgan fingerprint density at radius 3 is 2.47 bits per heavy atom. The molecule has 2 heterocycles. The topological polar surface area (TPSA) is 66.9 Å². The van der Waals surface area contributed by atoms with Gasteiger partial charge in [0, 0.05) is 45.9 Å². The largest absolute Gasteiger partial charge is 0.449 e. The van der Waals surface area contributed by atoms with E-state index in [9.17, 15) is 13.2 Å². The highest BCUT2D eigenvalue weighted by atomic mass is 35.5. The van der Waals surface area contributed by atoms with E-state index in [-0.39, 0.29) is 29.0 Å². The Hall–Kier alpha value is -2.06. The summed E-state index contributed by atoms with van der Waals surface area (Å²) in [6, 6.07) is 10.2. The highest BCUT2D eigenvalue weighted by molar-refractivity contribution is 7.89. The minimum atomic E-state index is -3.70. The van der Waals surface area contributed by atoms with Crippen molar-refractivity contribution in [1.82, 2.24) is 9.21 Å². The maximum absolute atomic E-state index is 13.5. The first-order chi connectivity index (χ1) is 15.4. The molecule has 2 saturated heterocycles. The molecule has 2 fully saturated rings. The second-order valence-electron chi connectivity index (χ2n) is 8.28. The van der Waals surface area contributed by atoms with Crippen LogP contribution >= 0.6 is 23.2 Å². The molecule has 0 saturated carbocycles. The minimum absolute atomic E-state index is 0.00685. The number of sulfonamides is 1. The predicted octanol–water partition coefficient (Wildman–Crippen LogP) is 4.78. The van der Waals surface area contributed by atoms with Crippen molar-refractivity contribution in [3.05, 3.63) is 64.7 Å². The second kappa shape index (κ2) is 8.37. The molecule has 5 rings (SSSR count). The number of hydrogen-bond donors (Lipinski definition) is 0. The van der Waals surface area contributed by atoms with Crippen LogP contribution in [0.4, 0.5) is 4.79 Å². The van der Waals surface area contributed by atoms with Gasteiger partial charge in [-0.05, 0) is 31.1 Å². The van der Waals surface area contributed by atoms with Crippen LogP contribution in [0.25, 0.3) is 10.8 Å². The highest BCUT2D eigenvalue weighted by Gasteiger charge is 2.42. The van der Waals surface area contributed by atoms with Crippen LogP contribution in [0.3, 0.4) is 0 Å². The summed E-state index contributed by atoms with van der Waals surface area (Å²) in [7, 11) is -3.70. The summed E-state index contributed by atoms with van der Waals surface area (Å²) in [5.74, 6) is 0.00685. The van der Waals surface area contributed by atoms with Gasteiger partial charge in [-0.2, -0.15) is 4.31 Å². The average molecular weight is 493 g/mol. The van der Waals surface area contributed by atoms with Gasteiger partial charge in [-0.15, -0.1) is 0 Å². The fourth-order valence-electron chi connectivity index (χ4n) is 4.85. The van der Waals surface area contributed by atoms with Gasteiger partial charge in [-0.25, -0.2) is 13.2 Å². The van der Waals surface area contributed by atoms with Crippen LogP contribution in [0, 0.1) is 5.92 Å². The summed E-state index contributed by atoms with van der Waals surface area (Å²) in [6.45, 7) is 0.953. The summed E-state index contributed by atoms with van der Waals surface area (Å²) in [4.78, 5) is 14.6. The van der Waals surface area contributed by atoms with Gasteiger partial charge in [0.15, 0.2) is 0 Å². The van der Waals surface area contributed by atoms with Gasteiger partial charge in [0.05, 0.1) is 10.9 Å². The average Bonchev–Trinajstić information content (AvgIpc) is 2.79. The highest BCUT2D eigenvalue weighted by Crippen LogP contribution is 2.35. The molecular weight excluding hydrogens is 471 g/mol. The zero-order chi connectivity index (χ0) is 22.5. The Bertz CT molecular complexity index is 1240. The van der Waals surface area contributed by atoms with Gasteiger partial charge < -0.3 is 4.74 Å². The Balaban J connectivity index is 1.36. The van der Waals surface area contributed by atoms with Crippen LogP contribution in [0.15, 0.2) is 64.6 Å². The van der Waals surface area contributed by atoms with Crippen LogP contribution in [-0.2, 0) is 14.8 Å². The Morgan fingerprint density at radius 2 is 1.72 bits per heavy atom. The van der Waals surface area contributed by atoms with Crippen molar-refractivity contribution in [1.29, 1.82) is 0 Å². The molecule has 2 aliphatic heterocycles. The van der Waals surface area contributed by atoms with Crippen molar-refractivity contribution < 1.29 is 17.9 Å². The number of allylic oxidation sites excluding steroid dienone is 2. The summed E-state index contributed by atoms with van der Waals surface area (Å²) >= 11 is 12.4. The molecule has 1 amide bonds. The van der Waals surface area contributed by atoms with Crippen molar-refractivity contribution in [3.63, 3.8) is 0 Å². The maximum Gasteiger partial charge on any atom is 0.410 e. The number of fused-ring (bicyclic) bond motifs is 2. The maximum atomic E-state index is 13.5. The van der Waals surface area contributed by atoms with Crippen molar-refractivity contribution in [3.8, 4) is 0 Å². The van der Waals surface area contributed by atoms with Gasteiger partial charge in [0.25, 0.3) is 0 Å². The lowest BCUT2D eigenvalue weighted by Crippen LogP contribution is -2.57. The Kier molecular flexibility index (Phi) is 5.70. The number of piperidine rings is 1. The molecule has 0 aromatic heterocycles. The number of carbonyl (C=O) groups excluding carboxylic acids is 1. The monoisotopic (exact) mass is 492 g/mol. The first kappa shape index (κ1) is 21.8. The van der Waals surface area contributed by atoms with E-state index in [0.717, 1.165) is 0 Å². The molecule has 6 nitrogen and oxygen atoms in total. The van der Waals surface area contributed by atoms with Gasteiger partial charge in [0.2, 0.25) is 10.0 Å². The first-order valence-electron chi connectivity index (χ1n) is 10.5. The Morgan fingerprint density at radius 1 is 1.00 bits per heavy atom. The molecule has 2 aromatic rings. The van der Waals surface area contributed by atoms with Crippen LogP contribution in [0.2, 0.25) is 5.02 Å². The number of nitrogens with zero attached hydrogens (tertiary/aromatic N) is 2. The normalized spacial score (nSPS) is 24.9. The SMILES string of the molecule is O=C1OCC2C=C(Cl)C=CC2N1C1CCN(S(=O)(=O)c2ccc(Cl)c3ccccc23)CC1. The molecule has 9 heteroatoms. The molecular formula is C23H22Cl2N2O4S. The molecule has 0 bridgehead atoms.